The van der Waals surface area contributed by atoms with Crippen LogP contribution in [0.15, 0.2) is 66.7 Å². The molecule has 5 heteroatoms. The van der Waals surface area contributed by atoms with E-state index in [0.29, 0.717) is 11.5 Å². The lowest BCUT2D eigenvalue weighted by molar-refractivity contribution is 0.387. The highest BCUT2D eigenvalue weighted by molar-refractivity contribution is 7.22. The molecule has 3 nitrogen and oxygen atoms in total. The molecule has 3 aromatic carbocycles. The van der Waals surface area contributed by atoms with E-state index in [1.54, 1.807) is 47.7 Å². The topological polar surface area (TPSA) is 38.7 Å². The van der Waals surface area contributed by atoms with Gasteiger partial charge in [-0.05, 0) is 54.1 Å². The van der Waals surface area contributed by atoms with Crippen LogP contribution in [0.2, 0.25) is 0 Å². The normalized spacial score (nSPS) is 10.8. The number of hydrogen-bond acceptors (Lipinski definition) is 4. The van der Waals surface area contributed by atoms with E-state index in [0.717, 1.165) is 20.5 Å². The fourth-order valence-corrected chi connectivity index (χ4v) is 3.87. The Morgan fingerprint density at radius 3 is 2.50 bits per heavy atom. The first-order valence-corrected chi connectivity index (χ1v) is 8.79. The summed E-state index contributed by atoms with van der Waals surface area (Å²) in [7, 11) is 1.45. The zero-order chi connectivity index (χ0) is 18.1. The van der Waals surface area contributed by atoms with Crippen molar-refractivity contribution in [2.75, 3.05) is 7.11 Å². The number of thiophene rings is 1. The Balaban J connectivity index is 1.87. The number of ether oxygens (including phenoxy) is 2. The molecule has 0 aliphatic heterocycles. The Morgan fingerprint density at radius 2 is 1.73 bits per heavy atom. The van der Waals surface area contributed by atoms with Gasteiger partial charge in [0.15, 0.2) is 17.3 Å². The zero-order valence-electron chi connectivity index (χ0n) is 13.9. The molecule has 26 heavy (non-hydrogen) atoms. The molecule has 1 N–H and O–H groups in total. The van der Waals surface area contributed by atoms with E-state index in [9.17, 15) is 9.50 Å². The molecule has 0 spiro atoms. The van der Waals surface area contributed by atoms with Gasteiger partial charge in [0, 0.05) is 10.1 Å². The lowest BCUT2D eigenvalue weighted by Gasteiger charge is -2.09. The summed E-state index contributed by atoms with van der Waals surface area (Å²) in [5.74, 6) is 1.27. The quantitative estimate of drug-likeness (QED) is 0.466. The number of aromatic hydroxyl groups is 1. The van der Waals surface area contributed by atoms with Crippen molar-refractivity contribution in [3.05, 3.63) is 72.5 Å². The van der Waals surface area contributed by atoms with Crippen LogP contribution in [0.1, 0.15) is 0 Å². The van der Waals surface area contributed by atoms with E-state index in [1.165, 1.54) is 13.2 Å². The van der Waals surface area contributed by atoms with Crippen LogP contribution in [-0.4, -0.2) is 12.2 Å². The first-order chi connectivity index (χ1) is 12.7. The van der Waals surface area contributed by atoms with E-state index in [1.807, 2.05) is 24.3 Å². The molecule has 0 saturated carbocycles. The molecule has 0 aliphatic carbocycles. The van der Waals surface area contributed by atoms with Crippen molar-refractivity contribution in [1.82, 2.24) is 0 Å². The first-order valence-electron chi connectivity index (χ1n) is 7.98. The van der Waals surface area contributed by atoms with Gasteiger partial charge >= 0.3 is 0 Å². The third-order valence-electron chi connectivity index (χ3n) is 4.02. The second-order valence-electron chi connectivity index (χ2n) is 5.70. The minimum absolute atomic E-state index is 0.177. The van der Waals surface area contributed by atoms with Gasteiger partial charge in [0.2, 0.25) is 0 Å². The van der Waals surface area contributed by atoms with Gasteiger partial charge in [-0.1, -0.05) is 18.2 Å². The third kappa shape index (κ3) is 2.97. The number of fused-ring (bicyclic) bond motifs is 1. The smallest absolute Gasteiger partial charge is 0.165 e. The molecule has 130 valence electrons. The molecule has 1 heterocycles. The number of phenols is 1. The van der Waals surface area contributed by atoms with Crippen molar-refractivity contribution in [1.29, 1.82) is 0 Å². The van der Waals surface area contributed by atoms with E-state index < -0.39 is 5.82 Å². The average molecular weight is 366 g/mol. The predicted molar refractivity (Wildman–Crippen MR) is 102 cm³/mol. The number of rotatable bonds is 4. The maximum atomic E-state index is 13.8. The Kier molecular flexibility index (Phi) is 4.22. The number of benzene rings is 3. The number of phenolic OH excluding ortho intramolecular Hbond substituents is 1. The van der Waals surface area contributed by atoms with Crippen molar-refractivity contribution in [2.24, 2.45) is 0 Å². The van der Waals surface area contributed by atoms with Crippen molar-refractivity contribution >= 4 is 21.4 Å². The van der Waals surface area contributed by atoms with Gasteiger partial charge in [0.25, 0.3) is 0 Å². The van der Waals surface area contributed by atoms with E-state index in [-0.39, 0.29) is 11.5 Å². The third-order valence-corrected chi connectivity index (χ3v) is 5.22. The fraction of sp³-hybridized carbons (Fsp3) is 0.0476. The fourth-order valence-electron chi connectivity index (χ4n) is 2.75. The molecule has 0 atom stereocenters. The molecule has 0 amide bonds. The summed E-state index contributed by atoms with van der Waals surface area (Å²) >= 11 is 1.57. The van der Waals surface area contributed by atoms with Gasteiger partial charge in [0.1, 0.15) is 11.5 Å². The number of halogens is 1. The number of hydrogen-bond donors (Lipinski definition) is 1. The molecule has 0 aliphatic rings. The van der Waals surface area contributed by atoms with Gasteiger partial charge in [-0.15, -0.1) is 11.3 Å². The summed E-state index contributed by atoms with van der Waals surface area (Å²) in [5, 5.41) is 10.4. The molecule has 1 aromatic heterocycles. The minimum atomic E-state index is -0.404. The molecule has 0 unspecified atom stereocenters. The molecule has 4 rings (SSSR count). The van der Waals surface area contributed by atoms with Crippen molar-refractivity contribution in [3.63, 3.8) is 0 Å². The summed E-state index contributed by atoms with van der Waals surface area (Å²) in [5.41, 5.74) is 0.818. The molecular formula is C21H15FO3S. The monoisotopic (exact) mass is 366 g/mol. The molecule has 0 saturated heterocycles. The second kappa shape index (κ2) is 6.69. The van der Waals surface area contributed by atoms with E-state index in [4.69, 9.17) is 9.47 Å². The maximum Gasteiger partial charge on any atom is 0.165 e. The predicted octanol–water partition coefficient (Wildman–Crippen LogP) is 6.21. The summed E-state index contributed by atoms with van der Waals surface area (Å²) in [6.07, 6.45) is 0. The second-order valence-corrected chi connectivity index (χ2v) is 6.75. The average Bonchev–Trinajstić information content (AvgIpc) is 3.02. The van der Waals surface area contributed by atoms with Crippen LogP contribution in [0.25, 0.3) is 20.5 Å². The largest absolute Gasteiger partial charge is 0.508 e. The van der Waals surface area contributed by atoms with Crippen molar-refractivity contribution in [3.8, 4) is 33.4 Å². The van der Waals surface area contributed by atoms with Gasteiger partial charge < -0.3 is 14.6 Å². The zero-order valence-corrected chi connectivity index (χ0v) is 14.7. The Morgan fingerprint density at radius 1 is 0.962 bits per heavy atom. The Hall–Kier alpha value is -3.05. The standard InChI is InChI=1S/C21H15FO3S/c1-24-18-12-13(6-11-17(18)22)21-20(16-4-2-3-5-19(16)26-21)25-15-9-7-14(23)8-10-15/h2-12,23H,1H3. The van der Waals surface area contributed by atoms with Gasteiger partial charge in [-0.25, -0.2) is 4.39 Å². The van der Waals surface area contributed by atoms with E-state index in [2.05, 4.69) is 0 Å². The van der Waals surface area contributed by atoms with Crippen LogP contribution in [0.3, 0.4) is 0 Å². The van der Waals surface area contributed by atoms with Crippen molar-refractivity contribution in [2.45, 2.75) is 0 Å². The van der Waals surface area contributed by atoms with Crippen LogP contribution in [0, 0.1) is 5.82 Å². The van der Waals surface area contributed by atoms with Crippen molar-refractivity contribution < 1.29 is 19.0 Å². The summed E-state index contributed by atoms with van der Waals surface area (Å²) in [6.45, 7) is 0. The Bertz CT molecular complexity index is 1070. The Labute approximate surface area is 153 Å². The lowest BCUT2D eigenvalue weighted by atomic mass is 10.1. The van der Waals surface area contributed by atoms with Gasteiger partial charge in [-0.2, -0.15) is 0 Å². The molecular weight excluding hydrogens is 351 g/mol. The maximum absolute atomic E-state index is 13.8. The summed E-state index contributed by atoms with van der Waals surface area (Å²) in [4.78, 5) is 0.887. The van der Waals surface area contributed by atoms with E-state index >= 15 is 0 Å². The van der Waals surface area contributed by atoms with Crippen LogP contribution >= 0.6 is 11.3 Å². The van der Waals surface area contributed by atoms with Crippen LogP contribution in [-0.2, 0) is 0 Å². The highest BCUT2D eigenvalue weighted by atomic mass is 32.1. The first kappa shape index (κ1) is 16.4. The molecule has 0 radical (unpaired) electrons. The van der Waals surface area contributed by atoms with Gasteiger partial charge in [-0.3, -0.25) is 0 Å². The SMILES string of the molecule is COc1cc(-c2sc3ccccc3c2Oc2ccc(O)cc2)ccc1F. The highest BCUT2D eigenvalue weighted by Crippen LogP contribution is 2.47. The van der Waals surface area contributed by atoms with Crippen LogP contribution in [0.5, 0.6) is 23.0 Å². The minimum Gasteiger partial charge on any atom is -0.508 e. The summed E-state index contributed by atoms with van der Waals surface area (Å²) < 4.78 is 26.1. The van der Waals surface area contributed by atoms with Gasteiger partial charge in [0.05, 0.1) is 12.0 Å². The molecule has 0 bridgehead atoms. The molecule has 0 fully saturated rings. The highest BCUT2D eigenvalue weighted by Gasteiger charge is 2.17. The number of methoxy groups -OCH3 is 1. The lowest BCUT2D eigenvalue weighted by Crippen LogP contribution is -1.89. The summed E-state index contributed by atoms with van der Waals surface area (Å²) in [6, 6.07) is 19.3. The van der Waals surface area contributed by atoms with Crippen LogP contribution < -0.4 is 9.47 Å². The molecule has 4 aromatic rings. The van der Waals surface area contributed by atoms with Crippen LogP contribution in [0.4, 0.5) is 4.39 Å².